The van der Waals surface area contributed by atoms with E-state index in [1.165, 1.54) is 23.4 Å². The van der Waals surface area contributed by atoms with E-state index in [0.717, 1.165) is 37.1 Å². The number of urea groups is 1. The number of nitrogens with one attached hydrogen (secondary N) is 2. The molecule has 0 radical (unpaired) electrons. The van der Waals surface area contributed by atoms with Crippen molar-refractivity contribution in [3.05, 3.63) is 60.6 Å². The monoisotopic (exact) mass is 446 g/mol. The predicted molar refractivity (Wildman–Crippen MR) is 119 cm³/mol. The molecule has 0 spiro atoms. The minimum Gasteiger partial charge on any atom is -0.391 e. The first-order chi connectivity index (χ1) is 15.5. The van der Waals surface area contributed by atoms with Crippen molar-refractivity contribution >= 4 is 17.5 Å². The van der Waals surface area contributed by atoms with Crippen LogP contribution in [0.1, 0.15) is 26.2 Å². The molecule has 0 saturated carbocycles. The first-order valence-electron chi connectivity index (χ1n) is 10.5. The molecule has 2 saturated heterocycles. The molecule has 2 fully saturated rings. The molecule has 172 valence electrons. The molecule has 10 heteroatoms. The van der Waals surface area contributed by atoms with Gasteiger partial charge in [-0.15, -0.1) is 0 Å². The maximum absolute atomic E-state index is 14.0. The summed E-state index contributed by atoms with van der Waals surface area (Å²) in [6.45, 7) is 3.34. The van der Waals surface area contributed by atoms with Crippen LogP contribution in [0.15, 0.2) is 60.6 Å². The highest BCUT2D eigenvalue weighted by Crippen LogP contribution is 2.28. The lowest BCUT2D eigenvalue weighted by Gasteiger charge is -2.26. The molecule has 3 heterocycles. The van der Waals surface area contributed by atoms with E-state index in [4.69, 9.17) is 0 Å². The molecule has 2 aliphatic heterocycles. The Labute approximate surface area is 185 Å². The first kappa shape index (κ1) is 23.4. The smallest absolute Gasteiger partial charge is 0.322 e. The van der Waals surface area contributed by atoms with E-state index in [-0.39, 0.29) is 24.9 Å². The van der Waals surface area contributed by atoms with Crippen LogP contribution in [0.5, 0.6) is 0 Å². The number of likely N-dealkylation sites (tertiary alicyclic amines) is 1. The zero-order chi connectivity index (χ0) is 22.9. The quantitative estimate of drug-likeness (QED) is 0.598. The molecule has 8 nitrogen and oxygen atoms in total. The van der Waals surface area contributed by atoms with Gasteiger partial charge in [-0.05, 0) is 56.1 Å². The summed E-state index contributed by atoms with van der Waals surface area (Å²) in [4.78, 5) is 20.6. The predicted octanol–water partition coefficient (Wildman–Crippen LogP) is 3.78. The van der Waals surface area contributed by atoms with Crippen LogP contribution in [-0.2, 0) is 0 Å². The zero-order valence-corrected chi connectivity index (χ0v) is 17.9. The second-order valence-corrected chi connectivity index (χ2v) is 7.72. The zero-order valence-electron chi connectivity index (χ0n) is 17.9. The lowest BCUT2D eigenvalue weighted by atomic mass is 10.1. The van der Waals surface area contributed by atoms with E-state index in [1.807, 2.05) is 6.92 Å². The maximum atomic E-state index is 14.0. The average molecular weight is 447 g/mol. The van der Waals surface area contributed by atoms with Crippen LogP contribution in [0.3, 0.4) is 0 Å². The van der Waals surface area contributed by atoms with E-state index in [9.17, 15) is 18.7 Å². The molecular weight excluding hydrogens is 418 g/mol. The van der Waals surface area contributed by atoms with Gasteiger partial charge in [-0.1, -0.05) is 0 Å². The van der Waals surface area contributed by atoms with Crippen LogP contribution in [0, 0.1) is 0 Å². The number of β-amino-alcohol motifs (C(OH)–C–C–N with tert-alkyl or cyclic N) is 1. The number of anilines is 2. The number of halogens is 2. The van der Waals surface area contributed by atoms with Crippen molar-refractivity contribution < 1.29 is 18.7 Å². The van der Waals surface area contributed by atoms with Gasteiger partial charge in [-0.25, -0.2) is 18.6 Å². The largest absolute Gasteiger partial charge is 0.391 e. The molecule has 0 unspecified atom stereocenters. The topological polar surface area (TPSA) is 97.4 Å². The van der Waals surface area contributed by atoms with Crippen molar-refractivity contribution in [3.8, 4) is 0 Å². The van der Waals surface area contributed by atoms with Crippen LogP contribution in [0.4, 0.5) is 25.1 Å². The Morgan fingerprint density at radius 1 is 1.34 bits per heavy atom. The highest BCUT2D eigenvalue weighted by molar-refractivity contribution is 5.89. The van der Waals surface area contributed by atoms with Crippen molar-refractivity contribution in [3.63, 3.8) is 0 Å². The summed E-state index contributed by atoms with van der Waals surface area (Å²) >= 11 is 0. The number of carbonyl (C=O) groups is 1. The number of hydrogen-bond acceptors (Lipinski definition) is 5. The van der Waals surface area contributed by atoms with Gasteiger partial charge in [0.05, 0.1) is 36.6 Å². The number of aliphatic hydroxyl groups excluding tert-OH is 1. The molecule has 0 aromatic carbocycles. The van der Waals surface area contributed by atoms with Gasteiger partial charge in [0.25, 0.3) is 0 Å². The van der Waals surface area contributed by atoms with Crippen LogP contribution in [-0.4, -0.2) is 63.0 Å². The number of allylic oxidation sites excluding steroid dienone is 4. The number of amides is 2. The average Bonchev–Trinajstić information content (AvgIpc) is 3.43. The number of H-pyrrole nitrogens is 1. The molecule has 2 amide bonds. The molecular formula is C22H28F2N6O2. The summed E-state index contributed by atoms with van der Waals surface area (Å²) < 4.78 is 26.1. The van der Waals surface area contributed by atoms with Gasteiger partial charge < -0.3 is 20.2 Å². The van der Waals surface area contributed by atoms with Crippen LogP contribution in [0.2, 0.25) is 0 Å². The second kappa shape index (κ2) is 11.4. The Morgan fingerprint density at radius 2 is 2.19 bits per heavy atom. The van der Waals surface area contributed by atoms with Crippen molar-refractivity contribution in [1.82, 2.24) is 20.1 Å². The summed E-state index contributed by atoms with van der Waals surface area (Å²) in [6, 6.07) is 1.37. The third-order valence-corrected chi connectivity index (χ3v) is 5.39. The molecule has 3 rings (SSSR count). The second-order valence-electron chi connectivity index (χ2n) is 7.72. The summed E-state index contributed by atoms with van der Waals surface area (Å²) in [5.41, 5.74) is 1.19. The molecule has 32 heavy (non-hydrogen) atoms. The fourth-order valence-corrected chi connectivity index (χ4v) is 3.84. The van der Waals surface area contributed by atoms with Gasteiger partial charge in [-0.3, -0.25) is 5.10 Å². The molecule has 3 N–H and O–H groups in total. The van der Waals surface area contributed by atoms with Crippen molar-refractivity contribution in [2.75, 3.05) is 29.9 Å². The van der Waals surface area contributed by atoms with Gasteiger partial charge in [0.15, 0.2) is 0 Å². The third kappa shape index (κ3) is 6.36. The third-order valence-electron chi connectivity index (χ3n) is 5.39. The van der Waals surface area contributed by atoms with Crippen LogP contribution >= 0.6 is 0 Å². The van der Waals surface area contributed by atoms with E-state index in [2.05, 4.69) is 25.4 Å². The number of aliphatic hydroxyl groups is 1. The van der Waals surface area contributed by atoms with Crippen molar-refractivity contribution in [2.24, 2.45) is 0 Å². The maximum Gasteiger partial charge on any atom is 0.322 e. The standard InChI is InChI=1S/C22H28F2N6O2/c1-16(12-17(24)4-2-8-23)20-5-3-10-30(20)21-6-9-26-27-14-18(13-25-21)28-22(32)29-11-7-19(31)15-29/h2,4,6,8-9,12-14,19-20,26,31H,3,5,7,10-11,15H2,1H3,(H,28,32)/b8-2+,9-6?,16-12+,17-4+,18-13?,25-21?,27-14?/t19-,20+/m0/s1. The van der Waals surface area contributed by atoms with Crippen LogP contribution < -0.4 is 10.2 Å². The minimum absolute atomic E-state index is 0.0638. The molecule has 0 aliphatic carbocycles. The fourth-order valence-electron chi connectivity index (χ4n) is 3.84. The van der Waals surface area contributed by atoms with Crippen molar-refractivity contribution in [2.45, 2.75) is 38.3 Å². The van der Waals surface area contributed by atoms with E-state index < -0.39 is 11.9 Å². The number of aromatic amines is 1. The number of aromatic nitrogens is 3. The highest BCUT2D eigenvalue weighted by Gasteiger charge is 2.27. The number of carbonyl (C=O) groups excluding carboxylic acids is 1. The Kier molecular flexibility index (Phi) is 8.32. The van der Waals surface area contributed by atoms with E-state index >= 15 is 0 Å². The molecule has 0 bridgehead atoms. The van der Waals surface area contributed by atoms with Gasteiger partial charge in [0, 0.05) is 25.8 Å². The summed E-state index contributed by atoms with van der Waals surface area (Å²) in [7, 11) is 0. The lowest BCUT2D eigenvalue weighted by molar-refractivity contribution is 0.176. The lowest BCUT2D eigenvalue weighted by Crippen LogP contribution is -2.33. The Hall–Kier alpha value is -3.27. The SMILES string of the molecule is C\C(=C/C(F)=C\C=C\F)[C@H]1CCCN1c1cc[nH]ncc(NC(=O)N2CC[C@H](O)C2)cn1. The Bertz CT molecular complexity index is 944. The van der Waals surface area contributed by atoms with Crippen molar-refractivity contribution in [1.29, 1.82) is 0 Å². The van der Waals surface area contributed by atoms with Gasteiger partial charge in [0.1, 0.15) is 11.6 Å². The summed E-state index contributed by atoms with van der Waals surface area (Å²) in [5, 5.41) is 19.2. The van der Waals surface area contributed by atoms with Gasteiger partial charge >= 0.3 is 6.03 Å². The number of hydrogen-bond donors (Lipinski definition) is 3. The molecule has 1 aromatic heterocycles. The number of nitrogens with zero attached hydrogens (tertiary/aromatic N) is 4. The van der Waals surface area contributed by atoms with Gasteiger partial charge in [0.2, 0.25) is 0 Å². The molecule has 2 atom stereocenters. The van der Waals surface area contributed by atoms with Gasteiger partial charge in [-0.2, -0.15) is 5.10 Å². The Balaban J connectivity index is 1.81. The van der Waals surface area contributed by atoms with Crippen LogP contribution in [0.25, 0.3) is 0 Å². The minimum atomic E-state index is -0.526. The number of rotatable bonds is 5. The molecule has 2 aliphatic rings. The first-order valence-corrected chi connectivity index (χ1v) is 10.5. The molecule has 1 aromatic rings. The fraction of sp³-hybridized carbons (Fsp3) is 0.409. The highest BCUT2D eigenvalue weighted by atomic mass is 19.1. The normalized spacial score (nSPS) is 21.9. The summed E-state index contributed by atoms with van der Waals surface area (Å²) in [5.74, 6) is 0.108. The van der Waals surface area contributed by atoms with E-state index in [0.29, 0.717) is 24.5 Å². The summed E-state index contributed by atoms with van der Waals surface area (Å²) in [6.07, 6.45) is 10.1. The Morgan fingerprint density at radius 3 is 2.94 bits per heavy atom. The van der Waals surface area contributed by atoms with E-state index in [1.54, 1.807) is 12.3 Å².